The van der Waals surface area contributed by atoms with Gasteiger partial charge in [-0.05, 0) is 44.5 Å². The lowest BCUT2D eigenvalue weighted by molar-refractivity contribution is 0.112. The summed E-state index contributed by atoms with van der Waals surface area (Å²) in [5.74, 6) is 0. The molecule has 0 spiro atoms. The summed E-state index contributed by atoms with van der Waals surface area (Å²) in [4.78, 5) is 15.4. The number of aldehydes is 1. The van der Waals surface area contributed by atoms with E-state index in [0.29, 0.717) is 0 Å². The van der Waals surface area contributed by atoms with Gasteiger partial charge in [0.2, 0.25) is 0 Å². The van der Waals surface area contributed by atoms with E-state index in [-0.39, 0.29) is 0 Å². The molecule has 88 valence electrons. The number of hydrogen-bond donors (Lipinski definition) is 0. The van der Waals surface area contributed by atoms with Gasteiger partial charge in [0.25, 0.3) is 0 Å². The average Bonchev–Trinajstić information content (AvgIpc) is 2.51. The summed E-state index contributed by atoms with van der Waals surface area (Å²) in [5, 5.41) is 0. The van der Waals surface area contributed by atoms with E-state index < -0.39 is 0 Å². The van der Waals surface area contributed by atoms with Crippen LogP contribution in [0.3, 0.4) is 0 Å². The van der Waals surface area contributed by atoms with Crippen molar-refractivity contribution in [3.8, 4) is 0 Å². The summed E-state index contributed by atoms with van der Waals surface area (Å²) < 4.78 is 0. The van der Waals surface area contributed by atoms with Crippen molar-refractivity contribution in [3.63, 3.8) is 0 Å². The van der Waals surface area contributed by atoms with Gasteiger partial charge in [0.05, 0.1) is 4.88 Å². The molecule has 0 saturated carbocycles. The molecule has 2 rings (SSSR count). The molecule has 3 heteroatoms. The standard InChI is InChI=1S/C13H19NOS/c1-11-12(8-13(10-15)16-11)9-14-6-4-2-3-5-7-14/h8,10H,2-7,9H2,1H3. The number of aryl methyl sites for hydroxylation is 1. The van der Waals surface area contributed by atoms with E-state index in [9.17, 15) is 4.79 Å². The van der Waals surface area contributed by atoms with Crippen molar-refractivity contribution < 1.29 is 4.79 Å². The maximum atomic E-state index is 10.7. The predicted molar refractivity (Wildman–Crippen MR) is 68.2 cm³/mol. The zero-order chi connectivity index (χ0) is 11.4. The second-order valence-corrected chi connectivity index (χ2v) is 5.83. The van der Waals surface area contributed by atoms with Crippen molar-refractivity contribution in [1.82, 2.24) is 4.90 Å². The Labute approximate surface area is 101 Å². The van der Waals surface area contributed by atoms with Crippen molar-refractivity contribution in [2.75, 3.05) is 13.1 Å². The Kier molecular flexibility index (Phi) is 4.13. The number of likely N-dealkylation sites (tertiary alicyclic amines) is 1. The lowest BCUT2D eigenvalue weighted by atomic mass is 10.2. The first-order chi connectivity index (χ1) is 7.79. The molecule has 2 nitrogen and oxygen atoms in total. The average molecular weight is 237 g/mol. The molecule has 1 aliphatic rings. The summed E-state index contributed by atoms with van der Waals surface area (Å²) in [5.41, 5.74) is 1.34. The largest absolute Gasteiger partial charge is 0.299 e. The van der Waals surface area contributed by atoms with Crippen LogP contribution >= 0.6 is 11.3 Å². The lowest BCUT2D eigenvalue weighted by Crippen LogP contribution is -2.23. The van der Waals surface area contributed by atoms with Gasteiger partial charge in [0.15, 0.2) is 6.29 Å². The highest BCUT2D eigenvalue weighted by Crippen LogP contribution is 2.22. The summed E-state index contributed by atoms with van der Waals surface area (Å²) in [6.45, 7) is 5.57. The Morgan fingerprint density at radius 1 is 1.31 bits per heavy atom. The molecular formula is C13H19NOS. The highest BCUT2D eigenvalue weighted by atomic mass is 32.1. The zero-order valence-corrected chi connectivity index (χ0v) is 10.7. The fraction of sp³-hybridized carbons (Fsp3) is 0.615. The maximum Gasteiger partial charge on any atom is 0.160 e. The second kappa shape index (κ2) is 5.60. The van der Waals surface area contributed by atoms with Gasteiger partial charge in [-0.25, -0.2) is 0 Å². The number of thiophene rings is 1. The Morgan fingerprint density at radius 2 is 2.00 bits per heavy atom. The molecule has 16 heavy (non-hydrogen) atoms. The molecule has 1 aromatic rings. The molecule has 0 aliphatic carbocycles. The fourth-order valence-corrected chi connectivity index (χ4v) is 3.15. The van der Waals surface area contributed by atoms with E-state index >= 15 is 0 Å². The Balaban J connectivity index is 2.01. The molecule has 0 N–H and O–H groups in total. The topological polar surface area (TPSA) is 20.3 Å². The van der Waals surface area contributed by atoms with Crippen LogP contribution in [0, 0.1) is 6.92 Å². The molecule has 0 amide bonds. The summed E-state index contributed by atoms with van der Waals surface area (Å²) in [6, 6.07) is 2.05. The molecule has 2 heterocycles. The van der Waals surface area contributed by atoms with E-state index in [1.807, 2.05) is 0 Å². The van der Waals surface area contributed by atoms with E-state index in [1.165, 1.54) is 49.2 Å². The Bertz CT molecular complexity index is 351. The molecule has 0 radical (unpaired) electrons. The number of hydrogen-bond acceptors (Lipinski definition) is 3. The van der Waals surface area contributed by atoms with Crippen LogP contribution in [-0.2, 0) is 6.54 Å². The van der Waals surface area contributed by atoms with E-state index in [4.69, 9.17) is 0 Å². The fourth-order valence-electron chi connectivity index (χ4n) is 2.30. The molecule has 0 unspecified atom stereocenters. The smallest absolute Gasteiger partial charge is 0.160 e. The van der Waals surface area contributed by atoms with Gasteiger partial charge in [-0.15, -0.1) is 11.3 Å². The van der Waals surface area contributed by atoms with Crippen LogP contribution in [-0.4, -0.2) is 24.3 Å². The first-order valence-electron chi connectivity index (χ1n) is 6.06. The molecule has 0 bridgehead atoms. The van der Waals surface area contributed by atoms with Gasteiger partial charge in [-0.2, -0.15) is 0 Å². The molecule has 1 aromatic heterocycles. The highest BCUT2D eigenvalue weighted by Gasteiger charge is 2.12. The first-order valence-corrected chi connectivity index (χ1v) is 6.88. The SMILES string of the molecule is Cc1sc(C=O)cc1CN1CCCCCC1. The minimum absolute atomic E-state index is 0.863. The van der Waals surface area contributed by atoms with Crippen molar-refractivity contribution in [2.24, 2.45) is 0 Å². The third-order valence-electron chi connectivity index (χ3n) is 3.25. The van der Waals surface area contributed by atoms with Crippen LogP contribution < -0.4 is 0 Å². The van der Waals surface area contributed by atoms with Crippen molar-refractivity contribution >= 4 is 17.6 Å². The van der Waals surface area contributed by atoms with Crippen LogP contribution in [0.15, 0.2) is 6.07 Å². The van der Waals surface area contributed by atoms with Gasteiger partial charge in [0, 0.05) is 11.4 Å². The molecule has 1 aliphatic heterocycles. The molecular weight excluding hydrogens is 218 g/mol. The Hall–Kier alpha value is -0.670. The maximum absolute atomic E-state index is 10.7. The quantitative estimate of drug-likeness (QED) is 0.752. The first kappa shape index (κ1) is 11.8. The second-order valence-electron chi connectivity index (χ2n) is 4.54. The Morgan fingerprint density at radius 3 is 2.56 bits per heavy atom. The number of carbonyl (C=O) groups excluding carboxylic acids is 1. The van der Waals surface area contributed by atoms with Crippen molar-refractivity contribution in [1.29, 1.82) is 0 Å². The number of rotatable bonds is 3. The van der Waals surface area contributed by atoms with Gasteiger partial charge < -0.3 is 0 Å². The van der Waals surface area contributed by atoms with Crippen LogP contribution in [0.1, 0.15) is 45.8 Å². The van der Waals surface area contributed by atoms with Crippen LogP contribution in [0.25, 0.3) is 0 Å². The normalized spacial score (nSPS) is 18.3. The van der Waals surface area contributed by atoms with E-state index in [0.717, 1.165) is 17.7 Å². The van der Waals surface area contributed by atoms with Crippen LogP contribution in [0.2, 0.25) is 0 Å². The lowest BCUT2D eigenvalue weighted by Gasteiger charge is -2.19. The number of nitrogens with zero attached hydrogens (tertiary/aromatic N) is 1. The third kappa shape index (κ3) is 2.92. The monoisotopic (exact) mass is 237 g/mol. The zero-order valence-electron chi connectivity index (χ0n) is 9.87. The number of carbonyl (C=O) groups is 1. The van der Waals surface area contributed by atoms with E-state index in [1.54, 1.807) is 11.3 Å². The van der Waals surface area contributed by atoms with Gasteiger partial charge in [0.1, 0.15) is 0 Å². The van der Waals surface area contributed by atoms with Gasteiger partial charge in [-0.1, -0.05) is 12.8 Å². The molecule has 1 saturated heterocycles. The van der Waals surface area contributed by atoms with E-state index in [2.05, 4.69) is 17.9 Å². The molecule has 0 aromatic carbocycles. The van der Waals surface area contributed by atoms with Crippen LogP contribution in [0.5, 0.6) is 0 Å². The van der Waals surface area contributed by atoms with Crippen molar-refractivity contribution in [2.45, 2.75) is 39.2 Å². The summed E-state index contributed by atoms with van der Waals surface area (Å²) in [6.07, 6.45) is 6.36. The molecule has 1 fully saturated rings. The summed E-state index contributed by atoms with van der Waals surface area (Å²) >= 11 is 1.61. The highest BCUT2D eigenvalue weighted by molar-refractivity contribution is 7.13. The van der Waals surface area contributed by atoms with Crippen LogP contribution in [0.4, 0.5) is 0 Å². The van der Waals surface area contributed by atoms with Gasteiger partial charge >= 0.3 is 0 Å². The third-order valence-corrected chi connectivity index (χ3v) is 4.27. The molecule has 0 atom stereocenters. The van der Waals surface area contributed by atoms with Crippen molar-refractivity contribution in [3.05, 3.63) is 21.4 Å². The predicted octanol–water partition coefficient (Wildman–Crippen LogP) is 3.25. The summed E-state index contributed by atoms with van der Waals surface area (Å²) in [7, 11) is 0. The minimum atomic E-state index is 0.863. The van der Waals surface area contributed by atoms with Gasteiger partial charge in [-0.3, -0.25) is 9.69 Å². The minimum Gasteiger partial charge on any atom is -0.299 e.